The summed E-state index contributed by atoms with van der Waals surface area (Å²) in [5, 5.41) is 1.05. The van der Waals surface area contributed by atoms with Crippen LogP contribution in [-0.4, -0.2) is 22.8 Å². The third kappa shape index (κ3) is 4.81. The maximum absolute atomic E-state index is 3.56. The monoisotopic (exact) mass is 297 g/mol. The van der Waals surface area contributed by atoms with Gasteiger partial charge in [-0.1, -0.05) is 59.6 Å². The van der Waals surface area contributed by atoms with Crippen molar-refractivity contribution in [2.75, 3.05) is 11.9 Å². The first-order valence-electron chi connectivity index (χ1n) is 6.56. The number of rotatable bonds is 7. The van der Waals surface area contributed by atoms with Gasteiger partial charge in [0.05, 0.1) is 0 Å². The fourth-order valence-electron chi connectivity index (χ4n) is 2.23. The Balaban J connectivity index is 2.68. The molecule has 2 heteroatoms. The maximum atomic E-state index is 3.56. The second kappa shape index (κ2) is 7.88. The predicted octanol–water partition coefficient (Wildman–Crippen LogP) is 4.38. The quantitative estimate of drug-likeness (QED) is 0.675. The van der Waals surface area contributed by atoms with Crippen molar-refractivity contribution in [2.45, 2.75) is 46.2 Å². The summed E-state index contributed by atoms with van der Waals surface area (Å²) in [4.78, 5) is 2.58. The first-order chi connectivity index (χ1) is 8.21. The predicted molar refractivity (Wildman–Crippen MR) is 79.8 cm³/mol. The summed E-state index contributed by atoms with van der Waals surface area (Å²) in [5.74, 6) is 0. The molecular formula is C15H24BrN. The van der Waals surface area contributed by atoms with Crippen molar-refractivity contribution < 1.29 is 0 Å². The van der Waals surface area contributed by atoms with Crippen molar-refractivity contribution >= 4 is 15.9 Å². The molecule has 96 valence electrons. The van der Waals surface area contributed by atoms with Crippen LogP contribution in [-0.2, 0) is 6.54 Å². The van der Waals surface area contributed by atoms with E-state index < -0.39 is 0 Å². The van der Waals surface area contributed by atoms with E-state index in [1.54, 1.807) is 0 Å². The summed E-state index contributed by atoms with van der Waals surface area (Å²) in [5.41, 5.74) is 2.76. The molecule has 0 unspecified atom stereocenters. The molecule has 0 aliphatic heterocycles. The topological polar surface area (TPSA) is 3.24 Å². The minimum atomic E-state index is 0.703. The van der Waals surface area contributed by atoms with Gasteiger partial charge in [-0.3, -0.25) is 4.90 Å². The van der Waals surface area contributed by atoms with E-state index in [0.29, 0.717) is 6.04 Å². The average molecular weight is 298 g/mol. The fraction of sp³-hybridized carbons (Fsp3) is 0.600. The van der Waals surface area contributed by atoms with Gasteiger partial charge in [0.25, 0.3) is 0 Å². The third-order valence-electron chi connectivity index (χ3n) is 3.34. The number of hydrogen-bond donors (Lipinski definition) is 0. The number of aryl methyl sites for hydroxylation is 1. The molecule has 0 heterocycles. The number of halogens is 1. The molecule has 1 rings (SSSR count). The average Bonchev–Trinajstić information content (AvgIpc) is 2.34. The molecule has 1 aromatic carbocycles. The van der Waals surface area contributed by atoms with Gasteiger partial charge < -0.3 is 0 Å². The van der Waals surface area contributed by atoms with Crippen LogP contribution >= 0.6 is 15.9 Å². The Morgan fingerprint density at radius 2 is 1.71 bits per heavy atom. The molecule has 1 aromatic rings. The highest BCUT2D eigenvalue weighted by molar-refractivity contribution is 9.09. The molecule has 0 aliphatic carbocycles. The number of hydrogen-bond acceptors (Lipinski definition) is 1. The van der Waals surface area contributed by atoms with Crippen LogP contribution < -0.4 is 0 Å². The second-order valence-corrected chi connectivity index (χ2v) is 5.41. The van der Waals surface area contributed by atoms with Gasteiger partial charge in [0.2, 0.25) is 0 Å². The normalized spacial score (nSPS) is 11.4. The van der Waals surface area contributed by atoms with Gasteiger partial charge in [-0.05, 0) is 25.3 Å². The van der Waals surface area contributed by atoms with Gasteiger partial charge >= 0.3 is 0 Å². The van der Waals surface area contributed by atoms with Crippen molar-refractivity contribution in [1.29, 1.82) is 0 Å². The highest BCUT2D eigenvalue weighted by Gasteiger charge is 2.14. The molecule has 1 nitrogen and oxygen atoms in total. The van der Waals surface area contributed by atoms with Crippen LogP contribution in [0, 0.1) is 6.92 Å². The minimum absolute atomic E-state index is 0.703. The fourth-order valence-corrected chi connectivity index (χ4v) is 2.69. The lowest BCUT2D eigenvalue weighted by Crippen LogP contribution is -2.35. The molecule has 17 heavy (non-hydrogen) atoms. The van der Waals surface area contributed by atoms with E-state index in [9.17, 15) is 0 Å². The first kappa shape index (κ1) is 14.7. The zero-order valence-electron chi connectivity index (χ0n) is 11.2. The summed E-state index contributed by atoms with van der Waals surface area (Å²) in [6.07, 6.45) is 2.46. The van der Waals surface area contributed by atoms with Gasteiger partial charge in [0.1, 0.15) is 0 Å². The molecule has 0 saturated carbocycles. The number of benzene rings is 1. The summed E-state index contributed by atoms with van der Waals surface area (Å²) in [6, 6.07) is 9.61. The Hall–Kier alpha value is -0.340. The molecular weight excluding hydrogens is 274 g/mol. The molecule has 0 bridgehead atoms. The highest BCUT2D eigenvalue weighted by Crippen LogP contribution is 2.14. The van der Waals surface area contributed by atoms with Gasteiger partial charge in [0, 0.05) is 24.5 Å². The third-order valence-corrected chi connectivity index (χ3v) is 3.69. The Labute approximate surface area is 114 Å². The summed E-state index contributed by atoms with van der Waals surface area (Å²) in [6.45, 7) is 8.90. The SMILES string of the molecule is CCC(CC)N(CCBr)Cc1ccc(C)cc1. The standard InChI is InChI=1S/C15H24BrN/c1-4-15(5-2)17(11-10-16)12-14-8-6-13(3)7-9-14/h6-9,15H,4-5,10-12H2,1-3H3. The minimum Gasteiger partial charge on any atom is -0.295 e. The van der Waals surface area contributed by atoms with E-state index in [-0.39, 0.29) is 0 Å². The molecule has 0 saturated heterocycles. The van der Waals surface area contributed by atoms with Gasteiger partial charge in [-0.25, -0.2) is 0 Å². The largest absolute Gasteiger partial charge is 0.295 e. The van der Waals surface area contributed by atoms with Crippen molar-refractivity contribution in [3.05, 3.63) is 35.4 Å². The van der Waals surface area contributed by atoms with Crippen molar-refractivity contribution in [1.82, 2.24) is 4.90 Å². The lowest BCUT2D eigenvalue weighted by molar-refractivity contribution is 0.189. The van der Waals surface area contributed by atoms with Crippen LogP contribution in [0.4, 0.5) is 0 Å². The lowest BCUT2D eigenvalue weighted by atomic mass is 10.1. The van der Waals surface area contributed by atoms with Crippen LogP contribution in [0.1, 0.15) is 37.8 Å². The van der Waals surface area contributed by atoms with Crippen LogP contribution in [0.15, 0.2) is 24.3 Å². The lowest BCUT2D eigenvalue weighted by Gasteiger charge is -2.30. The van der Waals surface area contributed by atoms with E-state index in [4.69, 9.17) is 0 Å². The highest BCUT2D eigenvalue weighted by atomic mass is 79.9. The molecule has 0 fully saturated rings. The molecule has 0 amide bonds. The van der Waals surface area contributed by atoms with E-state index in [0.717, 1.165) is 18.4 Å². The number of alkyl halides is 1. The summed E-state index contributed by atoms with van der Waals surface area (Å²) >= 11 is 3.56. The van der Waals surface area contributed by atoms with Crippen LogP contribution in [0.25, 0.3) is 0 Å². The molecule has 0 spiro atoms. The van der Waals surface area contributed by atoms with Crippen LogP contribution in [0.2, 0.25) is 0 Å². The summed E-state index contributed by atoms with van der Waals surface area (Å²) < 4.78 is 0. The van der Waals surface area contributed by atoms with Crippen LogP contribution in [0.5, 0.6) is 0 Å². The Morgan fingerprint density at radius 1 is 1.12 bits per heavy atom. The van der Waals surface area contributed by atoms with Gasteiger partial charge in [0.15, 0.2) is 0 Å². The van der Waals surface area contributed by atoms with E-state index in [2.05, 4.69) is 65.9 Å². The molecule has 0 radical (unpaired) electrons. The molecule has 0 aliphatic rings. The van der Waals surface area contributed by atoms with Crippen molar-refractivity contribution in [3.8, 4) is 0 Å². The van der Waals surface area contributed by atoms with E-state index >= 15 is 0 Å². The molecule has 0 N–H and O–H groups in total. The van der Waals surface area contributed by atoms with Crippen LogP contribution in [0.3, 0.4) is 0 Å². The van der Waals surface area contributed by atoms with E-state index in [1.165, 1.54) is 24.0 Å². The zero-order chi connectivity index (χ0) is 12.7. The Bertz CT molecular complexity index is 303. The maximum Gasteiger partial charge on any atom is 0.0237 e. The first-order valence-corrected chi connectivity index (χ1v) is 7.69. The number of nitrogens with zero attached hydrogens (tertiary/aromatic N) is 1. The van der Waals surface area contributed by atoms with Crippen molar-refractivity contribution in [3.63, 3.8) is 0 Å². The van der Waals surface area contributed by atoms with Crippen molar-refractivity contribution in [2.24, 2.45) is 0 Å². The second-order valence-electron chi connectivity index (χ2n) is 4.62. The van der Waals surface area contributed by atoms with Gasteiger partial charge in [-0.15, -0.1) is 0 Å². The Morgan fingerprint density at radius 3 is 2.18 bits per heavy atom. The van der Waals surface area contributed by atoms with Gasteiger partial charge in [-0.2, -0.15) is 0 Å². The zero-order valence-corrected chi connectivity index (χ0v) is 12.8. The van der Waals surface area contributed by atoms with E-state index in [1.807, 2.05) is 0 Å². The molecule has 0 atom stereocenters. The summed E-state index contributed by atoms with van der Waals surface area (Å²) in [7, 11) is 0. The Kier molecular flexibility index (Phi) is 6.83. The smallest absolute Gasteiger partial charge is 0.0237 e. The molecule has 0 aromatic heterocycles.